The van der Waals surface area contributed by atoms with E-state index < -0.39 is 0 Å². The second kappa shape index (κ2) is 22.4. The van der Waals surface area contributed by atoms with E-state index in [1.165, 1.54) is 6.42 Å². The maximum Gasteiger partial charge on any atom is 1.00 e. The molecule has 4 aromatic rings. The summed E-state index contributed by atoms with van der Waals surface area (Å²) < 4.78 is 10.9. The van der Waals surface area contributed by atoms with E-state index in [2.05, 4.69) is 40.4 Å². The number of rotatable bonds is 8. The molecule has 6 rings (SSSR count). The number of fused-ring (bicyclic) bond motifs is 2. The number of nitrogens with one attached hydrogen (secondary N) is 2. The molecule has 0 spiro atoms. The molecule has 2 heterocycles. The van der Waals surface area contributed by atoms with Gasteiger partial charge in [0.15, 0.2) is 0 Å². The van der Waals surface area contributed by atoms with Crippen LogP contribution in [-0.4, -0.2) is 30.4 Å². The molecule has 2 amide bonds. The number of carbonyl (C=O) groups excluding carboxylic acids is 2. The van der Waals surface area contributed by atoms with E-state index in [0.717, 1.165) is 34.3 Å². The van der Waals surface area contributed by atoms with Crippen molar-refractivity contribution in [1.29, 1.82) is 0 Å². The van der Waals surface area contributed by atoms with Crippen molar-refractivity contribution in [2.24, 2.45) is 0 Å². The Kier molecular flexibility index (Phi) is 19.5. The Balaban J connectivity index is 0.000000252. The predicted octanol–water partition coefficient (Wildman–Crippen LogP) is 8.07. The van der Waals surface area contributed by atoms with Gasteiger partial charge in [-0.15, -0.1) is 0 Å². The average Bonchev–Trinajstić information content (AvgIpc) is 3.60. The molecule has 48 heavy (non-hydrogen) atoms. The van der Waals surface area contributed by atoms with Crippen molar-refractivity contribution in [2.45, 2.75) is 38.5 Å². The van der Waals surface area contributed by atoms with E-state index >= 15 is 0 Å². The zero-order valence-corrected chi connectivity index (χ0v) is 31.4. The van der Waals surface area contributed by atoms with Gasteiger partial charge in [0.05, 0.1) is 35.6 Å². The summed E-state index contributed by atoms with van der Waals surface area (Å²) in [6.45, 7) is 6.73. The molecule has 6 nitrogen and oxygen atoms in total. The molecule has 0 saturated heterocycles. The molecule has 0 radical (unpaired) electrons. The number of carbonyl (C=O) groups is 2. The van der Waals surface area contributed by atoms with Gasteiger partial charge in [-0.05, 0) is 66.1 Å². The van der Waals surface area contributed by atoms with Gasteiger partial charge < -0.3 is 27.0 Å². The molecule has 0 aliphatic carbocycles. The second-order valence-corrected chi connectivity index (χ2v) is 12.7. The number of halogens is 5. The Morgan fingerprint density at radius 2 is 1.33 bits per heavy atom. The Bertz CT molecular complexity index is 1600. The molecule has 2 N–H and O–H groups in total. The first-order valence-corrected chi connectivity index (χ1v) is 17.6. The summed E-state index contributed by atoms with van der Waals surface area (Å²) >= 11 is 26.7. The van der Waals surface area contributed by atoms with Gasteiger partial charge in [0, 0.05) is 26.8 Å². The van der Waals surface area contributed by atoms with Gasteiger partial charge in [-0.1, -0.05) is 112 Å². The van der Waals surface area contributed by atoms with Crippen molar-refractivity contribution in [3.05, 3.63) is 123 Å². The molecule has 0 bridgehead atoms. The first kappa shape index (κ1) is 41.8. The summed E-state index contributed by atoms with van der Waals surface area (Å²) in [5, 5.41) is 8.62. The van der Waals surface area contributed by atoms with E-state index in [4.69, 9.17) is 55.9 Å². The fraction of sp³-hybridized carbons (Fsp3) is 0.250. The van der Waals surface area contributed by atoms with E-state index in [-0.39, 0.29) is 36.6 Å². The molecule has 250 valence electrons. The fourth-order valence-corrected chi connectivity index (χ4v) is 5.43. The number of para-hydroxylation sites is 2. The minimum atomic E-state index is -0.174. The molecule has 0 fully saturated rings. The van der Waals surface area contributed by atoms with E-state index in [1.807, 2.05) is 48.5 Å². The number of hydrogen-bond acceptors (Lipinski definition) is 4. The van der Waals surface area contributed by atoms with Crippen molar-refractivity contribution in [1.82, 2.24) is 0 Å². The molecule has 1 atom stereocenters. The van der Waals surface area contributed by atoms with E-state index in [9.17, 15) is 9.59 Å². The smallest absolute Gasteiger partial charge is 0.492 e. The normalized spacial score (nSPS) is 13.4. The third-order valence-corrected chi connectivity index (χ3v) is 8.08. The van der Waals surface area contributed by atoms with E-state index in [0.29, 0.717) is 57.6 Å². The van der Waals surface area contributed by atoms with Crippen molar-refractivity contribution >= 4 is 85.5 Å². The number of benzene rings is 4. The van der Waals surface area contributed by atoms with Crippen molar-refractivity contribution < 1.29 is 37.9 Å². The fourth-order valence-electron chi connectivity index (χ4n) is 4.35. The van der Waals surface area contributed by atoms with E-state index in [1.54, 1.807) is 36.4 Å². The van der Waals surface area contributed by atoms with Crippen LogP contribution in [0.5, 0.6) is 11.5 Å². The van der Waals surface area contributed by atoms with Crippen LogP contribution < -0.4 is 39.0 Å². The van der Waals surface area contributed by atoms with Crippen LogP contribution in [0.4, 0.5) is 11.4 Å². The summed E-state index contributed by atoms with van der Waals surface area (Å²) in [5.74, 6) is 1.18. The van der Waals surface area contributed by atoms with Gasteiger partial charge in [0.1, 0.15) is 11.5 Å². The molecule has 1 unspecified atom stereocenters. The SMILES string of the molecule is Clc1ccc(OCCBr)c(Cl)c1.O=C1Cc2ccccc2N1.O=C1Nc2ccccc2C1CCOc1ccc(Cl)cc1Cl.[CH2-]CCC.[Li+]. The molecule has 0 saturated carbocycles. The first-order chi connectivity index (χ1) is 22.7. The largest absolute Gasteiger partial charge is 1.00 e. The van der Waals surface area contributed by atoms with Crippen LogP contribution in [0.15, 0.2) is 84.9 Å². The Labute approximate surface area is 323 Å². The topological polar surface area (TPSA) is 76.7 Å². The quantitative estimate of drug-likeness (QED) is 0.108. The first-order valence-electron chi connectivity index (χ1n) is 14.9. The number of alkyl halides is 1. The van der Waals surface area contributed by atoms with Gasteiger partial charge >= 0.3 is 18.9 Å². The molecule has 12 heteroatoms. The van der Waals surface area contributed by atoms with Gasteiger partial charge in [-0.3, -0.25) is 9.59 Å². The molecule has 2 aliphatic heterocycles. The van der Waals surface area contributed by atoms with Gasteiger partial charge in [-0.2, -0.15) is 6.42 Å². The number of amides is 2. The molecule has 4 aromatic carbocycles. The van der Waals surface area contributed by atoms with Crippen LogP contribution in [0.25, 0.3) is 0 Å². The number of ether oxygens (including phenoxy) is 2. The Morgan fingerprint density at radius 3 is 1.88 bits per heavy atom. The van der Waals surface area contributed by atoms with Gasteiger partial charge in [-0.25, -0.2) is 0 Å². The van der Waals surface area contributed by atoms with Crippen LogP contribution in [0.3, 0.4) is 0 Å². The summed E-state index contributed by atoms with van der Waals surface area (Å²) in [7, 11) is 0. The van der Waals surface area contributed by atoms with Crippen molar-refractivity contribution in [3.8, 4) is 11.5 Å². The summed E-state index contributed by atoms with van der Waals surface area (Å²) in [6, 6.07) is 25.7. The monoisotopic (exact) mass is 786 g/mol. The minimum Gasteiger partial charge on any atom is -0.492 e. The Hall–Kier alpha value is -2.34. The summed E-state index contributed by atoms with van der Waals surface area (Å²) in [6.07, 6.45) is 3.41. The number of anilines is 2. The Morgan fingerprint density at radius 1 is 0.792 bits per heavy atom. The maximum atomic E-state index is 12.0. The number of hydrogen-bond donors (Lipinski definition) is 2. The van der Waals surface area contributed by atoms with Gasteiger partial charge in [0.2, 0.25) is 11.8 Å². The van der Waals surface area contributed by atoms with Crippen LogP contribution >= 0.6 is 62.3 Å². The minimum absolute atomic E-state index is 0. The summed E-state index contributed by atoms with van der Waals surface area (Å²) in [4.78, 5) is 22.8. The van der Waals surface area contributed by atoms with Crippen LogP contribution in [0.2, 0.25) is 20.1 Å². The standard InChI is InChI=1S/C16H13Cl2NO2.C8H7BrCl2O.C8H7NO.C4H9.Li/c17-10-5-6-15(13(18)9-10)21-8-7-12-11-3-1-2-4-14(11)19-16(12)20;9-3-4-12-8-2-1-6(10)5-7(8)11;10-8-5-6-3-1-2-4-7(6)9-8;1-3-4-2;/h1-6,9,12H,7-8H2,(H,19,20);1-2,5H,3-4H2;1-4H,5H2,(H,9,10);1,3-4H2,2H3;/q;;;-1;+1. The van der Waals surface area contributed by atoms with Crippen LogP contribution in [0.1, 0.15) is 43.2 Å². The zero-order valence-electron chi connectivity index (χ0n) is 26.8. The summed E-state index contributed by atoms with van der Waals surface area (Å²) in [5.41, 5.74) is 3.98. The molecule has 0 aromatic heterocycles. The average molecular weight is 789 g/mol. The zero-order chi connectivity index (χ0) is 34.2. The third-order valence-electron chi connectivity index (χ3n) is 6.69. The second-order valence-electron chi connectivity index (χ2n) is 10.2. The van der Waals surface area contributed by atoms with Crippen LogP contribution in [0, 0.1) is 6.92 Å². The van der Waals surface area contributed by atoms with Crippen LogP contribution in [-0.2, 0) is 16.0 Å². The molecular weight excluding hydrogens is 753 g/mol. The third kappa shape index (κ3) is 13.5. The van der Waals surface area contributed by atoms with Crippen molar-refractivity contribution in [3.63, 3.8) is 0 Å². The molecule has 2 aliphatic rings. The van der Waals surface area contributed by atoms with Gasteiger partial charge in [0.25, 0.3) is 0 Å². The molecular formula is C36H36BrCl4LiN2O4. The number of unbranched alkanes of at least 4 members (excludes halogenated alkanes) is 1. The predicted molar refractivity (Wildman–Crippen MR) is 199 cm³/mol. The van der Waals surface area contributed by atoms with Crippen molar-refractivity contribution in [2.75, 3.05) is 29.2 Å². The maximum absolute atomic E-state index is 12.0.